The molecule has 0 aliphatic carbocycles. The molecule has 0 heterocycles. The lowest BCUT2D eigenvalue weighted by molar-refractivity contribution is 0.103. The van der Waals surface area contributed by atoms with Gasteiger partial charge in [0.2, 0.25) is 0 Å². The Kier molecular flexibility index (Phi) is 6.48. The number of rotatable bonds is 7. The van der Waals surface area contributed by atoms with Gasteiger partial charge in [-0.05, 0) is 18.1 Å². The van der Waals surface area contributed by atoms with E-state index in [0.717, 1.165) is 18.1 Å². The Hall–Kier alpha value is -0.510. The van der Waals surface area contributed by atoms with Crippen LogP contribution in [0.1, 0.15) is 11.1 Å². The van der Waals surface area contributed by atoms with Crippen molar-refractivity contribution in [2.75, 3.05) is 25.6 Å². The van der Waals surface area contributed by atoms with Crippen molar-refractivity contribution in [3.63, 3.8) is 0 Å². The summed E-state index contributed by atoms with van der Waals surface area (Å²) < 4.78 is 5.18. The fourth-order valence-corrected chi connectivity index (χ4v) is 2.16. The number of hydrogen-bond donors (Lipinski definition) is 1. The van der Waals surface area contributed by atoms with Gasteiger partial charge in [0.1, 0.15) is 0 Å². The summed E-state index contributed by atoms with van der Waals surface area (Å²) in [6, 6.07) is 8.44. The van der Waals surface area contributed by atoms with Crippen molar-refractivity contribution in [1.82, 2.24) is 0 Å². The number of aliphatic hydroxyl groups excluding tert-OH is 1. The van der Waals surface area contributed by atoms with Crippen LogP contribution in [0.5, 0.6) is 0 Å². The van der Waals surface area contributed by atoms with E-state index in [1.165, 1.54) is 11.1 Å². The van der Waals surface area contributed by atoms with E-state index >= 15 is 0 Å². The van der Waals surface area contributed by atoms with Crippen LogP contribution >= 0.6 is 11.8 Å². The minimum Gasteiger partial charge on any atom is -0.394 e. The summed E-state index contributed by atoms with van der Waals surface area (Å²) in [5.41, 5.74) is 2.74. The fraction of sp³-hybridized carbons (Fsp3) is 0.500. The molecule has 0 amide bonds. The maximum Gasteiger partial charge on any atom is 0.0698 e. The van der Waals surface area contributed by atoms with E-state index in [9.17, 15) is 0 Å². The van der Waals surface area contributed by atoms with Crippen molar-refractivity contribution in [1.29, 1.82) is 0 Å². The molecule has 84 valence electrons. The number of aliphatic hydroxyl groups is 1. The van der Waals surface area contributed by atoms with Crippen molar-refractivity contribution in [2.24, 2.45) is 0 Å². The molecular formula is C12H18O2S. The van der Waals surface area contributed by atoms with Gasteiger partial charge in [-0.15, -0.1) is 0 Å². The summed E-state index contributed by atoms with van der Waals surface area (Å²) in [5, 5.41) is 8.51. The molecule has 1 aromatic rings. The molecule has 0 bridgehead atoms. The first-order valence-corrected chi connectivity index (χ1v) is 6.31. The quantitative estimate of drug-likeness (QED) is 0.723. The van der Waals surface area contributed by atoms with E-state index in [-0.39, 0.29) is 6.61 Å². The number of aryl methyl sites for hydroxylation is 1. The second-order valence-electron chi connectivity index (χ2n) is 3.32. The van der Waals surface area contributed by atoms with Gasteiger partial charge in [-0.1, -0.05) is 24.3 Å². The molecule has 0 aliphatic heterocycles. The number of thioether (sulfide) groups is 1. The minimum atomic E-state index is 0.114. The first-order valence-electron chi connectivity index (χ1n) is 5.15. The monoisotopic (exact) mass is 226 g/mol. The van der Waals surface area contributed by atoms with Crippen LogP contribution in [0.25, 0.3) is 0 Å². The summed E-state index contributed by atoms with van der Waals surface area (Å²) in [5.74, 6) is 2.02. The normalized spacial score (nSPS) is 10.5. The van der Waals surface area contributed by atoms with Crippen LogP contribution in [-0.2, 0) is 10.5 Å². The molecule has 0 aromatic heterocycles. The maximum absolute atomic E-state index is 8.51. The zero-order valence-electron chi connectivity index (χ0n) is 9.11. The van der Waals surface area contributed by atoms with Gasteiger partial charge in [-0.25, -0.2) is 0 Å². The Morgan fingerprint density at radius 2 is 2.07 bits per heavy atom. The molecule has 1 N–H and O–H groups in total. The summed E-state index contributed by atoms with van der Waals surface area (Å²) in [6.07, 6.45) is 0. The van der Waals surface area contributed by atoms with E-state index < -0.39 is 0 Å². The number of hydrogen-bond acceptors (Lipinski definition) is 3. The average molecular weight is 226 g/mol. The Labute approximate surface area is 95.7 Å². The Bertz CT molecular complexity index is 276. The highest BCUT2D eigenvalue weighted by molar-refractivity contribution is 7.98. The van der Waals surface area contributed by atoms with Crippen LogP contribution in [0.3, 0.4) is 0 Å². The van der Waals surface area contributed by atoms with Gasteiger partial charge in [0, 0.05) is 11.5 Å². The largest absolute Gasteiger partial charge is 0.394 e. The molecule has 0 fully saturated rings. The zero-order valence-corrected chi connectivity index (χ0v) is 9.93. The van der Waals surface area contributed by atoms with Crippen LogP contribution in [0.15, 0.2) is 24.3 Å². The SMILES string of the molecule is Cc1ccccc1CSCCOCCO. The molecular weight excluding hydrogens is 208 g/mol. The van der Waals surface area contributed by atoms with E-state index in [4.69, 9.17) is 9.84 Å². The van der Waals surface area contributed by atoms with Gasteiger partial charge in [-0.3, -0.25) is 0 Å². The molecule has 1 aromatic carbocycles. The third kappa shape index (κ3) is 5.21. The van der Waals surface area contributed by atoms with Gasteiger partial charge >= 0.3 is 0 Å². The third-order valence-corrected chi connectivity index (χ3v) is 3.10. The van der Waals surface area contributed by atoms with Crippen molar-refractivity contribution in [3.8, 4) is 0 Å². The first-order chi connectivity index (χ1) is 7.34. The van der Waals surface area contributed by atoms with Gasteiger partial charge in [0.05, 0.1) is 19.8 Å². The lowest BCUT2D eigenvalue weighted by atomic mass is 10.1. The van der Waals surface area contributed by atoms with Gasteiger partial charge < -0.3 is 9.84 Å². The summed E-state index contributed by atoms with van der Waals surface area (Å²) in [6.45, 7) is 3.42. The minimum absolute atomic E-state index is 0.114. The second-order valence-corrected chi connectivity index (χ2v) is 4.42. The molecule has 0 unspecified atom stereocenters. The summed E-state index contributed by atoms with van der Waals surface area (Å²) in [4.78, 5) is 0. The topological polar surface area (TPSA) is 29.5 Å². The second kappa shape index (κ2) is 7.74. The van der Waals surface area contributed by atoms with Crippen LogP contribution in [0, 0.1) is 6.92 Å². The number of benzene rings is 1. The Morgan fingerprint density at radius 1 is 1.27 bits per heavy atom. The highest BCUT2D eigenvalue weighted by atomic mass is 32.2. The predicted molar refractivity (Wildman–Crippen MR) is 65.2 cm³/mol. The van der Waals surface area contributed by atoms with Crippen molar-refractivity contribution >= 4 is 11.8 Å². The third-order valence-electron chi connectivity index (χ3n) is 2.13. The average Bonchev–Trinajstić information content (AvgIpc) is 2.25. The molecule has 2 nitrogen and oxygen atoms in total. The molecule has 0 saturated heterocycles. The predicted octanol–water partition coefficient (Wildman–Crippen LogP) is 2.24. The highest BCUT2D eigenvalue weighted by Crippen LogP contribution is 2.15. The van der Waals surface area contributed by atoms with Crippen LogP contribution in [0.2, 0.25) is 0 Å². The smallest absolute Gasteiger partial charge is 0.0698 e. The lowest BCUT2D eigenvalue weighted by Gasteiger charge is -2.05. The molecule has 1 rings (SSSR count). The van der Waals surface area contributed by atoms with E-state index in [1.54, 1.807) is 0 Å². The summed E-state index contributed by atoms with van der Waals surface area (Å²) in [7, 11) is 0. The van der Waals surface area contributed by atoms with Crippen LogP contribution in [-0.4, -0.2) is 30.7 Å². The van der Waals surface area contributed by atoms with Gasteiger partial charge in [0.25, 0.3) is 0 Å². The van der Waals surface area contributed by atoms with Crippen molar-refractivity contribution in [3.05, 3.63) is 35.4 Å². The Morgan fingerprint density at radius 3 is 2.80 bits per heavy atom. The summed E-state index contributed by atoms with van der Waals surface area (Å²) >= 11 is 1.86. The van der Waals surface area contributed by atoms with Gasteiger partial charge in [0.15, 0.2) is 0 Å². The fourth-order valence-electron chi connectivity index (χ4n) is 1.24. The molecule has 0 spiro atoms. The van der Waals surface area contributed by atoms with E-state index in [2.05, 4.69) is 31.2 Å². The first kappa shape index (κ1) is 12.6. The molecule has 15 heavy (non-hydrogen) atoms. The molecule has 0 saturated carbocycles. The number of ether oxygens (including phenoxy) is 1. The van der Waals surface area contributed by atoms with E-state index in [0.29, 0.717) is 6.61 Å². The van der Waals surface area contributed by atoms with Crippen molar-refractivity contribution < 1.29 is 9.84 Å². The lowest BCUT2D eigenvalue weighted by Crippen LogP contribution is -2.02. The molecule has 0 aliphatic rings. The Balaban J connectivity index is 2.12. The zero-order chi connectivity index (χ0) is 10.9. The molecule has 3 heteroatoms. The highest BCUT2D eigenvalue weighted by Gasteiger charge is 1.96. The van der Waals surface area contributed by atoms with Crippen LogP contribution in [0.4, 0.5) is 0 Å². The van der Waals surface area contributed by atoms with Crippen molar-refractivity contribution in [2.45, 2.75) is 12.7 Å². The molecule has 0 atom stereocenters. The molecule has 0 radical (unpaired) electrons. The standard InChI is InChI=1S/C12H18O2S/c1-11-4-2-3-5-12(11)10-15-9-8-14-7-6-13/h2-5,13H,6-10H2,1H3. The van der Waals surface area contributed by atoms with Gasteiger partial charge in [-0.2, -0.15) is 11.8 Å². The van der Waals surface area contributed by atoms with Crippen LogP contribution < -0.4 is 0 Å². The maximum atomic E-state index is 8.51. The van der Waals surface area contributed by atoms with E-state index in [1.807, 2.05) is 11.8 Å².